The van der Waals surface area contributed by atoms with Gasteiger partial charge in [-0.2, -0.15) is 18.2 Å². The summed E-state index contributed by atoms with van der Waals surface area (Å²) in [5.74, 6) is 1.12. The molecular weight excluding hydrogens is 356 g/mol. The first-order chi connectivity index (χ1) is 6.79. The molecule has 2 heteroatoms. The molecular formula is C13H15OW-. The van der Waals surface area contributed by atoms with Gasteiger partial charge in [-0.3, -0.25) is 0 Å². The van der Waals surface area contributed by atoms with Crippen LogP contribution in [0.2, 0.25) is 0 Å². The van der Waals surface area contributed by atoms with Crippen LogP contribution in [0.25, 0.3) is 0 Å². The molecule has 1 aromatic rings. The normalized spacial score (nSPS) is 20.9. The number of ether oxygens (including phenoxy) is 1. The summed E-state index contributed by atoms with van der Waals surface area (Å²) in [6.07, 6.45) is 6.20. The van der Waals surface area contributed by atoms with Gasteiger partial charge in [-0.25, -0.2) is 0 Å². The van der Waals surface area contributed by atoms with Gasteiger partial charge in [0.25, 0.3) is 0 Å². The maximum absolute atomic E-state index is 6.15. The molecule has 0 unspecified atom stereocenters. The third kappa shape index (κ3) is 1.76. The molecule has 0 atom stereocenters. The van der Waals surface area contributed by atoms with E-state index in [9.17, 15) is 0 Å². The molecule has 0 bridgehead atoms. The van der Waals surface area contributed by atoms with Gasteiger partial charge < -0.3 is 4.74 Å². The van der Waals surface area contributed by atoms with E-state index in [-0.39, 0.29) is 26.7 Å². The second-order valence-corrected chi connectivity index (χ2v) is 4.64. The van der Waals surface area contributed by atoms with Crippen molar-refractivity contribution in [3.8, 4) is 5.75 Å². The van der Waals surface area contributed by atoms with Crippen molar-refractivity contribution in [2.75, 3.05) is 0 Å². The van der Waals surface area contributed by atoms with Crippen molar-refractivity contribution in [3.63, 3.8) is 0 Å². The maximum Gasteiger partial charge on any atom is 0.0953 e. The molecule has 1 aliphatic carbocycles. The Hall–Kier alpha value is -0.292. The third-order valence-corrected chi connectivity index (χ3v) is 3.56. The number of aryl methyl sites for hydroxylation is 1. The minimum atomic E-state index is 0. The Labute approximate surface area is 105 Å². The molecule has 0 N–H and O–H groups in total. The second-order valence-electron chi connectivity index (χ2n) is 4.64. The van der Waals surface area contributed by atoms with Gasteiger partial charge in [-0.05, 0) is 32.1 Å². The van der Waals surface area contributed by atoms with Crippen LogP contribution in [0.3, 0.4) is 0 Å². The third-order valence-electron chi connectivity index (χ3n) is 3.56. The predicted molar refractivity (Wildman–Crippen MR) is 55.5 cm³/mol. The molecule has 3 rings (SSSR count). The van der Waals surface area contributed by atoms with Crippen molar-refractivity contribution >= 4 is 0 Å². The summed E-state index contributed by atoms with van der Waals surface area (Å²) in [4.78, 5) is 0. The Morgan fingerprint density at radius 1 is 1.33 bits per heavy atom. The van der Waals surface area contributed by atoms with E-state index in [4.69, 9.17) is 4.74 Å². The minimum absolute atomic E-state index is 0. The van der Waals surface area contributed by atoms with Gasteiger partial charge in [0.05, 0.1) is 5.60 Å². The van der Waals surface area contributed by atoms with E-state index in [1.807, 2.05) is 6.07 Å². The van der Waals surface area contributed by atoms with Crippen molar-refractivity contribution in [1.29, 1.82) is 0 Å². The minimum Gasteiger partial charge on any atom is -0.545 e. The quantitative estimate of drug-likeness (QED) is 0.638. The van der Waals surface area contributed by atoms with E-state index in [1.54, 1.807) is 0 Å². The molecule has 80 valence electrons. The van der Waals surface area contributed by atoms with Crippen LogP contribution >= 0.6 is 0 Å². The van der Waals surface area contributed by atoms with Crippen LogP contribution in [0.5, 0.6) is 5.75 Å². The fraction of sp³-hybridized carbons (Fsp3) is 0.538. The van der Waals surface area contributed by atoms with Crippen LogP contribution in [0.15, 0.2) is 12.1 Å². The first-order valence-electron chi connectivity index (χ1n) is 5.48. The Balaban J connectivity index is 0.000000853. The Bertz CT molecular complexity index is 367. The molecule has 2 aliphatic rings. The van der Waals surface area contributed by atoms with Gasteiger partial charge in [0.1, 0.15) is 0 Å². The largest absolute Gasteiger partial charge is 0.545 e. The van der Waals surface area contributed by atoms with Crippen molar-refractivity contribution in [3.05, 3.63) is 29.3 Å². The molecule has 1 saturated carbocycles. The number of benzene rings is 1. The molecule has 1 fully saturated rings. The molecule has 0 amide bonds. The van der Waals surface area contributed by atoms with Gasteiger partial charge in [0, 0.05) is 26.8 Å². The van der Waals surface area contributed by atoms with Gasteiger partial charge in [0.2, 0.25) is 0 Å². The average Bonchev–Trinajstić information content (AvgIpc) is 2.75. The Morgan fingerprint density at radius 3 is 2.73 bits per heavy atom. The molecule has 15 heavy (non-hydrogen) atoms. The molecule has 1 aromatic carbocycles. The first kappa shape index (κ1) is 11.2. The summed E-state index contributed by atoms with van der Waals surface area (Å²) >= 11 is 0. The smallest absolute Gasteiger partial charge is 0.0953 e. The molecule has 0 radical (unpaired) electrons. The summed E-state index contributed by atoms with van der Waals surface area (Å²) in [7, 11) is 0. The van der Waals surface area contributed by atoms with Crippen molar-refractivity contribution in [2.45, 2.75) is 44.6 Å². The molecule has 1 spiro atoms. The van der Waals surface area contributed by atoms with Crippen LogP contribution in [0.4, 0.5) is 0 Å². The molecule has 0 aromatic heterocycles. The van der Waals surface area contributed by atoms with E-state index in [2.05, 4.69) is 19.1 Å². The van der Waals surface area contributed by atoms with Crippen molar-refractivity contribution < 1.29 is 25.8 Å². The number of rotatable bonds is 0. The predicted octanol–water partition coefficient (Wildman–Crippen LogP) is 3.04. The zero-order valence-electron chi connectivity index (χ0n) is 9.01. The van der Waals surface area contributed by atoms with Gasteiger partial charge in [-0.15, -0.1) is 11.1 Å². The van der Waals surface area contributed by atoms with E-state index < -0.39 is 0 Å². The molecule has 1 heterocycles. The number of hydrogen-bond donors (Lipinski definition) is 0. The average molecular weight is 371 g/mol. The maximum atomic E-state index is 6.15. The molecule has 0 saturated heterocycles. The fourth-order valence-electron chi connectivity index (χ4n) is 2.79. The number of hydrogen-bond acceptors (Lipinski definition) is 1. The van der Waals surface area contributed by atoms with Crippen LogP contribution in [0.1, 0.15) is 36.8 Å². The van der Waals surface area contributed by atoms with Crippen LogP contribution in [-0.4, -0.2) is 5.60 Å². The van der Waals surface area contributed by atoms with E-state index in [0.717, 1.165) is 12.2 Å². The van der Waals surface area contributed by atoms with E-state index >= 15 is 0 Å². The van der Waals surface area contributed by atoms with Crippen LogP contribution in [-0.2, 0) is 27.5 Å². The summed E-state index contributed by atoms with van der Waals surface area (Å²) in [6, 6.07) is 7.43. The van der Waals surface area contributed by atoms with Gasteiger partial charge >= 0.3 is 0 Å². The van der Waals surface area contributed by atoms with Gasteiger partial charge in [-0.1, -0.05) is 6.92 Å². The zero-order chi connectivity index (χ0) is 9.60. The SMILES string of the molecule is Cc1cc[c-]c2c1OC1(CCCC1)C2.[W]. The zero-order valence-corrected chi connectivity index (χ0v) is 11.9. The number of fused-ring (bicyclic) bond motifs is 1. The van der Waals surface area contributed by atoms with Crippen molar-refractivity contribution in [2.24, 2.45) is 0 Å². The second kappa shape index (κ2) is 3.94. The fourth-order valence-corrected chi connectivity index (χ4v) is 2.79. The van der Waals surface area contributed by atoms with E-state index in [1.165, 1.54) is 36.8 Å². The summed E-state index contributed by atoms with van der Waals surface area (Å²) in [5, 5.41) is 0. The Morgan fingerprint density at radius 2 is 2.07 bits per heavy atom. The monoisotopic (exact) mass is 371 g/mol. The molecule has 1 aliphatic heterocycles. The van der Waals surface area contributed by atoms with Crippen LogP contribution in [0, 0.1) is 13.0 Å². The summed E-state index contributed by atoms with van der Waals surface area (Å²) in [6.45, 7) is 2.13. The Kier molecular flexibility index (Phi) is 2.94. The standard InChI is InChI=1S/C13H15O.W/c1-10-5-4-6-11-9-13(14-12(10)11)7-2-3-8-13;/h4-5H,2-3,7-9H2,1H3;/q-1;. The topological polar surface area (TPSA) is 9.23 Å². The van der Waals surface area contributed by atoms with Crippen molar-refractivity contribution in [1.82, 2.24) is 0 Å². The van der Waals surface area contributed by atoms with E-state index in [0.29, 0.717) is 0 Å². The summed E-state index contributed by atoms with van der Waals surface area (Å²) < 4.78 is 6.15. The van der Waals surface area contributed by atoms with Crippen LogP contribution < -0.4 is 4.74 Å². The van der Waals surface area contributed by atoms with Gasteiger partial charge in [0.15, 0.2) is 0 Å². The summed E-state index contributed by atoms with van der Waals surface area (Å²) in [5.41, 5.74) is 2.72. The first-order valence-corrected chi connectivity index (χ1v) is 5.48. The molecule has 1 nitrogen and oxygen atoms in total.